The van der Waals surface area contributed by atoms with Crippen LogP contribution >= 0.6 is 0 Å². The maximum atomic E-state index is 12.0. The van der Waals surface area contributed by atoms with Gasteiger partial charge in [0.1, 0.15) is 0 Å². The van der Waals surface area contributed by atoms with E-state index in [1.807, 2.05) is 24.3 Å². The first-order chi connectivity index (χ1) is 11.7. The van der Waals surface area contributed by atoms with Crippen LogP contribution in [0.25, 0.3) is 0 Å². The molecule has 6 nitrogen and oxygen atoms in total. The second-order valence-corrected chi connectivity index (χ2v) is 5.57. The van der Waals surface area contributed by atoms with Crippen LogP contribution in [0.15, 0.2) is 30.3 Å². The molecule has 0 aromatic heterocycles. The zero-order valence-electron chi connectivity index (χ0n) is 13.3. The number of benzene rings is 2. The van der Waals surface area contributed by atoms with Crippen molar-refractivity contribution in [2.75, 3.05) is 21.0 Å². The Hall–Kier alpha value is -2.89. The average molecular weight is 328 g/mol. The predicted molar refractivity (Wildman–Crippen MR) is 83.8 cm³/mol. The van der Waals surface area contributed by atoms with E-state index in [1.54, 1.807) is 20.3 Å². The molecule has 6 heteroatoms. The van der Waals surface area contributed by atoms with Crippen LogP contribution in [-0.4, -0.2) is 27.0 Å². The minimum Gasteiger partial charge on any atom is -0.493 e. The molecule has 0 aliphatic carbocycles. The van der Waals surface area contributed by atoms with Crippen LogP contribution < -0.4 is 18.9 Å². The summed E-state index contributed by atoms with van der Waals surface area (Å²) in [7, 11) is 3.15. The van der Waals surface area contributed by atoms with Gasteiger partial charge in [-0.1, -0.05) is 6.07 Å². The normalized spacial score (nSPS) is 17.9. The van der Waals surface area contributed by atoms with E-state index in [2.05, 4.69) is 0 Å². The molecule has 0 saturated heterocycles. The highest BCUT2D eigenvalue weighted by atomic mass is 16.7. The van der Waals surface area contributed by atoms with Gasteiger partial charge in [0.2, 0.25) is 6.79 Å². The van der Waals surface area contributed by atoms with E-state index in [1.165, 1.54) is 0 Å². The van der Waals surface area contributed by atoms with Crippen LogP contribution in [-0.2, 0) is 16.0 Å². The Morgan fingerprint density at radius 3 is 2.50 bits per heavy atom. The van der Waals surface area contributed by atoms with Gasteiger partial charge in [0, 0.05) is 11.1 Å². The fraction of sp³-hybridized carbons (Fsp3) is 0.278. The molecular formula is C18H16O6. The minimum atomic E-state index is -0.518. The molecule has 2 aliphatic rings. The van der Waals surface area contributed by atoms with Gasteiger partial charge < -0.3 is 23.7 Å². The van der Waals surface area contributed by atoms with Crippen LogP contribution in [0.2, 0.25) is 0 Å². The molecule has 0 fully saturated rings. The molecule has 2 heterocycles. The molecule has 4 rings (SSSR count). The molecule has 0 saturated carbocycles. The highest BCUT2D eigenvalue weighted by molar-refractivity contribution is 5.77. The van der Waals surface area contributed by atoms with Crippen molar-refractivity contribution < 1.29 is 28.5 Å². The summed E-state index contributed by atoms with van der Waals surface area (Å²) in [4.78, 5) is 12.0. The Morgan fingerprint density at radius 1 is 1.00 bits per heavy atom. The quantitative estimate of drug-likeness (QED) is 0.807. The monoisotopic (exact) mass is 328 g/mol. The first-order valence-electron chi connectivity index (χ1n) is 7.53. The molecule has 2 aromatic carbocycles. The topological polar surface area (TPSA) is 63.2 Å². The summed E-state index contributed by atoms with van der Waals surface area (Å²) in [5.41, 5.74) is 2.59. The predicted octanol–water partition coefficient (Wildman–Crippen LogP) is 2.62. The zero-order valence-corrected chi connectivity index (χ0v) is 13.3. The third-order valence-corrected chi connectivity index (χ3v) is 4.21. The summed E-state index contributed by atoms with van der Waals surface area (Å²) >= 11 is 0. The number of esters is 1. The summed E-state index contributed by atoms with van der Waals surface area (Å²) in [5, 5.41) is 0. The minimum absolute atomic E-state index is 0.189. The Labute approximate surface area is 138 Å². The SMILES string of the molecule is COc1ccc(C2OC(=O)Cc3cc4c(cc32)OCO4)cc1OC. The standard InChI is InChI=1S/C18H16O6/c1-20-13-4-3-10(5-14(13)21-2)18-12-8-16-15(22-9-23-16)6-11(12)7-17(19)24-18/h3-6,8,18H,7,9H2,1-2H3. The molecule has 0 radical (unpaired) electrons. The molecule has 0 spiro atoms. The highest BCUT2D eigenvalue weighted by Crippen LogP contribution is 2.43. The van der Waals surface area contributed by atoms with Gasteiger partial charge >= 0.3 is 5.97 Å². The molecule has 124 valence electrons. The number of ether oxygens (including phenoxy) is 5. The fourth-order valence-electron chi connectivity index (χ4n) is 3.05. The first kappa shape index (κ1) is 14.7. The molecular weight excluding hydrogens is 312 g/mol. The van der Waals surface area contributed by atoms with Crippen LogP contribution in [0.4, 0.5) is 0 Å². The third-order valence-electron chi connectivity index (χ3n) is 4.21. The summed E-state index contributed by atoms with van der Waals surface area (Å²) < 4.78 is 27.1. The van der Waals surface area contributed by atoms with E-state index in [9.17, 15) is 4.79 Å². The van der Waals surface area contributed by atoms with E-state index < -0.39 is 6.10 Å². The van der Waals surface area contributed by atoms with Crippen molar-refractivity contribution >= 4 is 5.97 Å². The average Bonchev–Trinajstić information content (AvgIpc) is 3.05. The first-order valence-corrected chi connectivity index (χ1v) is 7.53. The number of carbonyl (C=O) groups is 1. The van der Waals surface area contributed by atoms with Gasteiger partial charge in [-0.15, -0.1) is 0 Å². The number of rotatable bonds is 3. The van der Waals surface area contributed by atoms with Gasteiger partial charge in [0.25, 0.3) is 0 Å². The lowest BCUT2D eigenvalue weighted by atomic mass is 9.92. The Kier molecular flexibility index (Phi) is 3.45. The van der Waals surface area contributed by atoms with Gasteiger partial charge in [-0.3, -0.25) is 4.79 Å². The third kappa shape index (κ3) is 2.31. The van der Waals surface area contributed by atoms with Crippen LogP contribution in [0.5, 0.6) is 23.0 Å². The van der Waals surface area contributed by atoms with Crippen LogP contribution in [0.3, 0.4) is 0 Å². The Bertz CT molecular complexity index is 813. The van der Waals surface area contributed by atoms with Crippen molar-refractivity contribution in [2.45, 2.75) is 12.5 Å². The van der Waals surface area contributed by atoms with Gasteiger partial charge in [-0.2, -0.15) is 0 Å². The van der Waals surface area contributed by atoms with Crippen molar-refractivity contribution in [1.29, 1.82) is 0 Å². The molecule has 0 amide bonds. The lowest BCUT2D eigenvalue weighted by Gasteiger charge is -2.26. The van der Waals surface area contributed by atoms with E-state index in [4.69, 9.17) is 23.7 Å². The number of hydrogen-bond donors (Lipinski definition) is 0. The van der Waals surface area contributed by atoms with Gasteiger partial charge in [-0.25, -0.2) is 0 Å². The molecule has 2 aliphatic heterocycles. The summed E-state index contributed by atoms with van der Waals surface area (Å²) in [5.74, 6) is 2.25. The Balaban J connectivity index is 1.81. The Morgan fingerprint density at radius 2 is 1.75 bits per heavy atom. The summed E-state index contributed by atoms with van der Waals surface area (Å²) in [6, 6.07) is 9.20. The molecule has 1 unspecified atom stereocenters. The van der Waals surface area contributed by atoms with Crippen LogP contribution in [0.1, 0.15) is 22.8 Å². The van der Waals surface area contributed by atoms with E-state index in [-0.39, 0.29) is 19.2 Å². The summed E-state index contributed by atoms with van der Waals surface area (Å²) in [6.07, 6.45) is -0.300. The van der Waals surface area contributed by atoms with Crippen molar-refractivity contribution in [3.8, 4) is 23.0 Å². The van der Waals surface area contributed by atoms with Crippen molar-refractivity contribution in [3.05, 3.63) is 47.0 Å². The van der Waals surface area contributed by atoms with Gasteiger partial charge in [0.05, 0.1) is 20.6 Å². The fourth-order valence-corrected chi connectivity index (χ4v) is 3.05. The second kappa shape index (κ2) is 5.63. The van der Waals surface area contributed by atoms with E-state index >= 15 is 0 Å². The van der Waals surface area contributed by atoms with E-state index in [0.717, 1.165) is 16.7 Å². The van der Waals surface area contributed by atoms with Crippen molar-refractivity contribution in [2.24, 2.45) is 0 Å². The van der Waals surface area contributed by atoms with E-state index in [0.29, 0.717) is 23.0 Å². The maximum absolute atomic E-state index is 12.0. The van der Waals surface area contributed by atoms with Crippen LogP contribution in [0, 0.1) is 0 Å². The lowest BCUT2D eigenvalue weighted by Crippen LogP contribution is -2.22. The van der Waals surface area contributed by atoms with Gasteiger partial charge in [0.15, 0.2) is 29.1 Å². The maximum Gasteiger partial charge on any atom is 0.311 e. The molecule has 0 bridgehead atoms. The van der Waals surface area contributed by atoms with Crippen molar-refractivity contribution in [3.63, 3.8) is 0 Å². The molecule has 2 aromatic rings. The smallest absolute Gasteiger partial charge is 0.311 e. The highest BCUT2D eigenvalue weighted by Gasteiger charge is 2.31. The molecule has 24 heavy (non-hydrogen) atoms. The lowest BCUT2D eigenvalue weighted by molar-refractivity contribution is -0.148. The molecule has 1 atom stereocenters. The zero-order chi connectivity index (χ0) is 16.7. The van der Waals surface area contributed by atoms with Crippen molar-refractivity contribution in [1.82, 2.24) is 0 Å². The van der Waals surface area contributed by atoms with Gasteiger partial charge in [-0.05, 0) is 29.8 Å². The largest absolute Gasteiger partial charge is 0.493 e. The second-order valence-electron chi connectivity index (χ2n) is 5.57. The number of fused-ring (bicyclic) bond motifs is 2. The number of hydrogen-bond acceptors (Lipinski definition) is 6. The molecule has 0 N–H and O–H groups in total. The summed E-state index contributed by atoms with van der Waals surface area (Å²) in [6.45, 7) is 0.189. The number of carbonyl (C=O) groups excluding carboxylic acids is 1. The number of methoxy groups -OCH3 is 2. The number of cyclic esters (lactones) is 1.